The van der Waals surface area contributed by atoms with Crippen molar-refractivity contribution in [2.24, 2.45) is 5.73 Å². The molecule has 0 bridgehead atoms. The Morgan fingerprint density at radius 3 is 3.00 bits per heavy atom. The molecule has 2 saturated heterocycles. The van der Waals surface area contributed by atoms with Crippen LogP contribution in [0.4, 0.5) is 0 Å². The Hall–Kier alpha value is -1.04. The lowest BCUT2D eigenvalue weighted by molar-refractivity contribution is -0.0541. The number of aromatic nitrogens is 2. The van der Waals surface area contributed by atoms with E-state index in [9.17, 15) is 0 Å². The summed E-state index contributed by atoms with van der Waals surface area (Å²) < 4.78 is 5.93. The fraction of sp³-hybridized carbons (Fsp3) is 0.733. The molecular formula is C15H24N4O. The van der Waals surface area contributed by atoms with Gasteiger partial charge in [0.1, 0.15) is 6.10 Å². The summed E-state index contributed by atoms with van der Waals surface area (Å²) in [5, 5.41) is 0. The van der Waals surface area contributed by atoms with E-state index < -0.39 is 0 Å². The first kappa shape index (κ1) is 13.9. The predicted octanol–water partition coefficient (Wildman–Crippen LogP) is 1.29. The molecule has 2 aliphatic heterocycles. The van der Waals surface area contributed by atoms with Crippen LogP contribution >= 0.6 is 0 Å². The second-order valence-corrected chi connectivity index (χ2v) is 5.93. The first-order chi connectivity index (χ1) is 9.76. The molecule has 0 amide bonds. The van der Waals surface area contributed by atoms with E-state index in [-0.39, 0.29) is 12.1 Å². The molecule has 5 heteroatoms. The third kappa shape index (κ3) is 3.00. The molecule has 110 valence electrons. The summed E-state index contributed by atoms with van der Waals surface area (Å²) in [6.45, 7) is 5.03. The highest BCUT2D eigenvalue weighted by Gasteiger charge is 2.33. The van der Waals surface area contributed by atoms with Gasteiger partial charge in [-0.05, 0) is 37.8 Å². The van der Waals surface area contributed by atoms with Crippen LogP contribution in [0.15, 0.2) is 12.4 Å². The number of nitrogens with zero attached hydrogens (tertiary/aromatic N) is 3. The van der Waals surface area contributed by atoms with Gasteiger partial charge in [0.2, 0.25) is 0 Å². The van der Waals surface area contributed by atoms with Crippen LogP contribution in [0.25, 0.3) is 0 Å². The number of nitrogens with two attached hydrogens (primary N) is 1. The molecule has 2 fully saturated rings. The Balaban J connectivity index is 1.62. The average molecular weight is 276 g/mol. The van der Waals surface area contributed by atoms with Gasteiger partial charge in [0.05, 0.1) is 6.61 Å². The summed E-state index contributed by atoms with van der Waals surface area (Å²) >= 11 is 0. The zero-order valence-electron chi connectivity index (χ0n) is 12.2. The molecule has 1 aromatic heterocycles. The fourth-order valence-corrected chi connectivity index (χ4v) is 3.06. The van der Waals surface area contributed by atoms with E-state index in [0.29, 0.717) is 6.04 Å². The van der Waals surface area contributed by atoms with Gasteiger partial charge in [-0.1, -0.05) is 6.92 Å². The first-order valence-corrected chi connectivity index (χ1v) is 7.68. The lowest BCUT2D eigenvalue weighted by Crippen LogP contribution is -2.42. The summed E-state index contributed by atoms with van der Waals surface area (Å²) in [5.74, 6) is 0.809. The van der Waals surface area contributed by atoms with Crippen LogP contribution in [0.1, 0.15) is 43.7 Å². The fourth-order valence-electron chi connectivity index (χ4n) is 3.06. The lowest BCUT2D eigenvalue weighted by Gasteiger charge is -2.34. The molecule has 0 aliphatic carbocycles. The minimum Gasteiger partial charge on any atom is -0.367 e. The second kappa shape index (κ2) is 6.16. The molecule has 3 heterocycles. The predicted molar refractivity (Wildman–Crippen MR) is 77.3 cm³/mol. The molecule has 2 N–H and O–H groups in total. The van der Waals surface area contributed by atoms with Gasteiger partial charge in [0.25, 0.3) is 0 Å². The quantitative estimate of drug-likeness (QED) is 0.898. The van der Waals surface area contributed by atoms with Crippen LogP contribution in [-0.2, 0) is 11.2 Å². The van der Waals surface area contributed by atoms with Crippen molar-refractivity contribution in [3.63, 3.8) is 0 Å². The molecule has 2 aliphatic rings. The molecule has 3 rings (SSSR count). The van der Waals surface area contributed by atoms with Crippen molar-refractivity contribution < 1.29 is 4.74 Å². The topological polar surface area (TPSA) is 64.3 Å². The molecule has 3 atom stereocenters. The van der Waals surface area contributed by atoms with E-state index in [1.807, 2.05) is 12.4 Å². The third-order valence-corrected chi connectivity index (χ3v) is 4.42. The Labute approximate surface area is 120 Å². The molecule has 20 heavy (non-hydrogen) atoms. The minimum atomic E-state index is 0.0262. The Kier molecular flexibility index (Phi) is 4.29. The van der Waals surface area contributed by atoms with Crippen LogP contribution in [0.3, 0.4) is 0 Å². The molecule has 1 aromatic rings. The summed E-state index contributed by atoms with van der Waals surface area (Å²) in [7, 11) is 0. The summed E-state index contributed by atoms with van der Waals surface area (Å²) in [5.41, 5.74) is 7.07. The average Bonchev–Trinajstić information content (AvgIpc) is 2.95. The van der Waals surface area contributed by atoms with E-state index in [4.69, 9.17) is 10.5 Å². The summed E-state index contributed by atoms with van der Waals surface area (Å²) in [4.78, 5) is 11.5. The van der Waals surface area contributed by atoms with Crippen LogP contribution in [-0.4, -0.2) is 46.6 Å². The molecule has 0 spiro atoms. The zero-order valence-corrected chi connectivity index (χ0v) is 12.2. The van der Waals surface area contributed by atoms with Crippen molar-refractivity contribution in [1.29, 1.82) is 0 Å². The van der Waals surface area contributed by atoms with E-state index in [0.717, 1.165) is 37.4 Å². The standard InChI is InChI=1S/C15H24N4O/c1-2-12(16)6-11-7-17-15(18-8-11)14-9-19-5-3-4-13(19)10-20-14/h7-8,12-14H,2-6,9-10,16H2,1H3. The monoisotopic (exact) mass is 276 g/mol. The van der Waals surface area contributed by atoms with Gasteiger partial charge in [-0.15, -0.1) is 0 Å². The van der Waals surface area contributed by atoms with E-state index in [1.165, 1.54) is 19.4 Å². The van der Waals surface area contributed by atoms with Gasteiger partial charge >= 0.3 is 0 Å². The van der Waals surface area contributed by atoms with Crippen LogP contribution < -0.4 is 5.73 Å². The van der Waals surface area contributed by atoms with Crippen LogP contribution in [0, 0.1) is 0 Å². The number of fused-ring (bicyclic) bond motifs is 1. The first-order valence-electron chi connectivity index (χ1n) is 7.68. The van der Waals surface area contributed by atoms with Crippen molar-refractivity contribution >= 4 is 0 Å². The van der Waals surface area contributed by atoms with Gasteiger partial charge in [-0.2, -0.15) is 0 Å². The molecule has 0 aromatic carbocycles. The van der Waals surface area contributed by atoms with Gasteiger partial charge in [0.15, 0.2) is 5.82 Å². The zero-order chi connectivity index (χ0) is 13.9. The van der Waals surface area contributed by atoms with Crippen molar-refractivity contribution in [2.75, 3.05) is 19.7 Å². The van der Waals surface area contributed by atoms with Crippen LogP contribution in [0.5, 0.6) is 0 Å². The Bertz CT molecular complexity index is 436. The normalized spacial score (nSPS) is 28.3. The van der Waals surface area contributed by atoms with Crippen molar-refractivity contribution in [2.45, 2.75) is 50.8 Å². The minimum absolute atomic E-state index is 0.0262. The maximum atomic E-state index is 5.96. The van der Waals surface area contributed by atoms with Crippen molar-refractivity contribution in [3.8, 4) is 0 Å². The van der Waals surface area contributed by atoms with Gasteiger partial charge in [-0.3, -0.25) is 4.90 Å². The smallest absolute Gasteiger partial charge is 0.158 e. The molecule has 0 radical (unpaired) electrons. The second-order valence-electron chi connectivity index (χ2n) is 5.93. The highest BCUT2D eigenvalue weighted by Crippen LogP contribution is 2.28. The molecule has 3 unspecified atom stereocenters. The van der Waals surface area contributed by atoms with E-state index >= 15 is 0 Å². The highest BCUT2D eigenvalue weighted by atomic mass is 16.5. The SMILES string of the molecule is CCC(N)Cc1cnc(C2CN3CCCC3CO2)nc1. The van der Waals surface area contributed by atoms with Crippen molar-refractivity contribution in [3.05, 3.63) is 23.8 Å². The lowest BCUT2D eigenvalue weighted by atomic mass is 10.1. The van der Waals surface area contributed by atoms with E-state index in [2.05, 4.69) is 21.8 Å². The Morgan fingerprint density at radius 2 is 2.25 bits per heavy atom. The molecule has 5 nitrogen and oxygen atoms in total. The van der Waals surface area contributed by atoms with Gasteiger partial charge < -0.3 is 10.5 Å². The summed E-state index contributed by atoms with van der Waals surface area (Å²) in [6.07, 6.45) is 8.20. The maximum Gasteiger partial charge on any atom is 0.158 e. The number of hydrogen-bond donors (Lipinski definition) is 1. The molecular weight excluding hydrogens is 252 g/mol. The number of rotatable bonds is 4. The molecule has 0 saturated carbocycles. The van der Waals surface area contributed by atoms with Gasteiger partial charge in [0, 0.05) is 31.0 Å². The highest BCUT2D eigenvalue weighted by molar-refractivity contribution is 5.09. The number of ether oxygens (including phenoxy) is 1. The number of morpholine rings is 1. The third-order valence-electron chi connectivity index (χ3n) is 4.42. The Morgan fingerprint density at radius 1 is 1.45 bits per heavy atom. The van der Waals surface area contributed by atoms with Crippen molar-refractivity contribution in [1.82, 2.24) is 14.9 Å². The number of hydrogen-bond acceptors (Lipinski definition) is 5. The van der Waals surface area contributed by atoms with E-state index in [1.54, 1.807) is 0 Å². The maximum absolute atomic E-state index is 5.96. The van der Waals surface area contributed by atoms with Crippen LogP contribution in [0.2, 0.25) is 0 Å². The summed E-state index contributed by atoms with van der Waals surface area (Å²) in [6, 6.07) is 0.814. The largest absolute Gasteiger partial charge is 0.367 e. The van der Waals surface area contributed by atoms with Gasteiger partial charge in [-0.25, -0.2) is 9.97 Å².